The second kappa shape index (κ2) is 4.21. The van der Waals surface area contributed by atoms with Crippen LogP contribution in [0.3, 0.4) is 0 Å². The van der Waals surface area contributed by atoms with Gasteiger partial charge in [-0.25, -0.2) is 4.98 Å². The molecule has 0 atom stereocenters. The number of aryl methyl sites for hydroxylation is 1. The van der Waals surface area contributed by atoms with Gasteiger partial charge in [0.15, 0.2) is 0 Å². The molecule has 1 heterocycles. The van der Waals surface area contributed by atoms with Crippen LogP contribution in [0, 0.1) is 12.3 Å². The maximum Gasteiger partial charge on any atom is 0.125 e. The van der Waals surface area contributed by atoms with Crippen molar-refractivity contribution in [3.05, 3.63) is 23.9 Å². The van der Waals surface area contributed by atoms with Crippen LogP contribution in [0.4, 0.5) is 5.82 Å². The molecule has 1 N–H and O–H groups in total. The van der Waals surface area contributed by atoms with Crippen LogP contribution in [0.1, 0.15) is 38.2 Å². The number of rotatable bonds is 5. The monoisotopic (exact) mass is 204 g/mol. The number of pyridine rings is 1. The Bertz CT molecular complexity index is 312. The van der Waals surface area contributed by atoms with Gasteiger partial charge in [-0.3, -0.25) is 0 Å². The van der Waals surface area contributed by atoms with Crippen LogP contribution in [-0.2, 0) is 0 Å². The van der Waals surface area contributed by atoms with Crippen molar-refractivity contribution in [3.63, 3.8) is 0 Å². The molecule has 1 aliphatic carbocycles. The largest absolute Gasteiger partial charge is 0.370 e. The van der Waals surface area contributed by atoms with Gasteiger partial charge in [-0.1, -0.05) is 19.4 Å². The zero-order valence-corrected chi connectivity index (χ0v) is 9.71. The van der Waals surface area contributed by atoms with Gasteiger partial charge in [0.2, 0.25) is 0 Å². The summed E-state index contributed by atoms with van der Waals surface area (Å²) in [5.41, 5.74) is 1.82. The lowest BCUT2D eigenvalue weighted by Gasteiger charge is -2.15. The van der Waals surface area contributed by atoms with E-state index in [1.807, 2.05) is 6.20 Å². The lowest BCUT2D eigenvalue weighted by atomic mass is 10.0. The average molecular weight is 204 g/mol. The molecule has 1 aliphatic rings. The summed E-state index contributed by atoms with van der Waals surface area (Å²) >= 11 is 0. The standard InChI is InChI=1S/C13H20N2/c1-3-6-13(7-8-13)10-15-12-5-4-11(2)9-14-12/h4-5,9H,3,6-8,10H2,1-2H3,(H,14,15). The third-order valence-electron chi connectivity index (χ3n) is 3.29. The van der Waals surface area contributed by atoms with E-state index in [4.69, 9.17) is 0 Å². The zero-order chi connectivity index (χ0) is 10.7. The van der Waals surface area contributed by atoms with Crippen molar-refractivity contribution in [1.82, 2.24) is 4.98 Å². The highest BCUT2D eigenvalue weighted by atomic mass is 15.0. The molecule has 0 spiro atoms. The van der Waals surface area contributed by atoms with E-state index in [1.54, 1.807) is 0 Å². The summed E-state index contributed by atoms with van der Waals surface area (Å²) in [6, 6.07) is 4.17. The van der Waals surface area contributed by atoms with E-state index in [2.05, 4.69) is 36.3 Å². The first kappa shape index (κ1) is 10.5. The number of hydrogen-bond donors (Lipinski definition) is 1. The fourth-order valence-electron chi connectivity index (χ4n) is 2.07. The van der Waals surface area contributed by atoms with E-state index < -0.39 is 0 Å². The first-order chi connectivity index (χ1) is 7.24. The minimum Gasteiger partial charge on any atom is -0.370 e. The second-order valence-electron chi connectivity index (χ2n) is 4.82. The number of anilines is 1. The van der Waals surface area contributed by atoms with Gasteiger partial charge in [0.1, 0.15) is 5.82 Å². The molecule has 0 bridgehead atoms. The molecule has 0 aliphatic heterocycles. The number of nitrogens with zero attached hydrogens (tertiary/aromatic N) is 1. The van der Waals surface area contributed by atoms with Gasteiger partial charge in [0.25, 0.3) is 0 Å². The van der Waals surface area contributed by atoms with Crippen molar-refractivity contribution in [3.8, 4) is 0 Å². The van der Waals surface area contributed by atoms with Crippen LogP contribution in [0.15, 0.2) is 18.3 Å². The van der Waals surface area contributed by atoms with E-state index >= 15 is 0 Å². The summed E-state index contributed by atoms with van der Waals surface area (Å²) in [5, 5.41) is 3.45. The second-order valence-corrected chi connectivity index (χ2v) is 4.82. The Balaban J connectivity index is 1.85. The van der Waals surface area contributed by atoms with Gasteiger partial charge < -0.3 is 5.32 Å². The maximum atomic E-state index is 4.36. The van der Waals surface area contributed by atoms with Gasteiger partial charge in [0, 0.05) is 12.7 Å². The van der Waals surface area contributed by atoms with Crippen LogP contribution in [0.5, 0.6) is 0 Å². The quantitative estimate of drug-likeness (QED) is 0.795. The summed E-state index contributed by atoms with van der Waals surface area (Å²) in [7, 11) is 0. The van der Waals surface area contributed by atoms with Gasteiger partial charge in [-0.2, -0.15) is 0 Å². The summed E-state index contributed by atoms with van der Waals surface area (Å²) in [5.74, 6) is 1.02. The number of aromatic nitrogens is 1. The molecular formula is C13H20N2. The molecule has 1 aromatic rings. The van der Waals surface area contributed by atoms with Crippen LogP contribution < -0.4 is 5.32 Å². The molecule has 2 rings (SSSR count). The van der Waals surface area contributed by atoms with E-state index in [-0.39, 0.29) is 0 Å². The predicted molar refractivity (Wildman–Crippen MR) is 64.0 cm³/mol. The van der Waals surface area contributed by atoms with Crippen molar-refractivity contribution in [2.24, 2.45) is 5.41 Å². The predicted octanol–water partition coefficient (Wildman–Crippen LogP) is 3.38. The van der Waals surface area contributed by atoms with E-state index in [0.717, 1.165) is 12.4 Å². The highest BCUT2D eigenvalue weighted by molar-refractivity contribution is 5.35. The minimum absolute atomic E-state index is 0.599. The molecule has 2 nitrogen and oxygen atoms in total. The molecular weight excluding hydrogens is 184 g/mol. The third-order valence-corrected chi connectivity index (χ3v) is 3.29. The minimum atomic E-state index is 0.599. The van der Waals surface area contributed by atoms with Crippen LogP contribution >= 0.6 is 0 Å². The fourth-order valence-corrected chi connectivity index (χ4v) is 2.07. The average Bonchev–Trinajstić information content (AvgIpc) is 2.99. The smallest absolute Gasteiger partial charge is 0.125 e. The molecule has 0 saturated heterocycles. The summed E-state index contributed by atoms with van der Waals surface area (Å²) < 4.78 is 0. The molecule has 82 valence electrons. The molecule has 2 heteroatoms. The summed E-state index contributed by atoms with van der Waals surface area (Å²) in [6.07, 6.45) is 7.34. The Labute approximate surface area is 92.1 Å². The van der Waals surface area contributed by atoms with E-state index in [9.17, 15) is 0 Å². The number of nitrogens with one attached hydrogen (secondary N) is 1. The molecule has 0 unspecified atom stereocenters. The Hall–Kier alpha value is -1.05. The lowest BCUT2D eigenvalue weighted by molar-refractivity contribution is 0.485. The zero-order valence-electron chi connectivity index (χ0n) is 9.71. The molecule has 0 aromatic carbocycles. The van der Waals surface area contributed by atoms with Crippen molar-refractivity contribution >= 4 is 5.82 Å². The Morgan fingerprint density at radius 2 is 2.20 bits per heavy atom. The van der Waals surface area contributed by atoms with E-state index in [1.165, 1.54) is 31.2 Å². The molecule has 1 fully saturated rings. The Morgan fingerprint density at radius 3 is 2.73 bits per heavy atom. The van der Waals surface area contributed by atoms with Crippen LogP contribution in [0.25, 0.3) is 0 Å². The maximum absolute atomic E-state index is 4.36. The lowest BCUT2D eigenvalue weighted by Crippen LogP contribution is -2.15. The highest BCUT2D eigenvalue weighted by Crippen LogP contribution is 2.49. The highest BCUT2D eigenvalue weighted by Gasteiger charge is 2.41. The van der Waals surface area contributed by atoms with Crippen molar-refractivity contribution in [2.45, 2.75) is 39.5 Å². The van der Waals surface area contributed by atoms with Gasteiger partial charge in [-0.05, 0) is 43.2 Å². The third kappa shape index (κ3) is 2.71. The topological polar surface area (TPSA) is 24.9 Å². The van der Waals surface area contributed by atoms with Crippen LogP contribution in [-0.4, -0.2) is 11.5 Å². The molecule has 0 radical (unpaired) electrons. The molecule has 0 amide bonds. The number of hydrogen-bond acceptors (Lipinski definition) is 2. The van der Waals surface area contributed by atoms with Gasteiger partial charge >= 0.3 is 0 Å². The van der Waals surface area contributed by atoms with Crippen molar-refractivity contribution in [2.75, 3.05) is 11.9 Å². The van der Waals surface area contributed by atoms with Gasteiger partial charge in [0.05, 0.1) is 0 Å². The Morgan fingerprint density at radius 1 is 1.40 bits per heavy atom. The van der Waals surface area contributed by atoms with Crippen molar-refractivity contribution in [1.29, 1.82) is 0 Å². The Kier molecular flexibility index (Phi) is 2.94. The normalized spacial score (nSPS) is 17.5. The molecule has 1 aromatic heterocycles. The van der Waals surface area contributed by atoms with Gasteiger partial charge in [-0.15, -0.1) is 0 Å². The SMILES string of the molecule is CCCC1(CNc2ccc(C)cn2)CC1. The van der Waals surface area contributed by atoms with E-state index in [0.29, 0.717) is 5.41 Å². The van der Waals surface area contributed by atoms with Crippen molar-refractivity contribution < 1.29 is 0 Å². The first-order valence-corrected chi connectivity index (χ1v) is 5.91. The fraction of sp³-hybridized carbons (Fsp3) is 0.615. The summed E-state index contributed by atoms with van der Waals surface area (Å²) in [6.45, 7) is 5.43. The summed E-state index contributed by atoms with van der Waals surface area (Å²) in [4.78, 5) is 4.36. The molecule has 15 heavy (non-hydrogen) atoms. The molecule has 1 saturated carbocycles. The first-order valence-electron chi connectivity index (χ1n) is 5.91. The van der Waals surface area contributed by atoms with Crippen LogP contribution in [0.2, 0.25) is 0 Å².